The van der Waals surface area contributed by atoms with Crippen LogP contribution in [0.5, 0.6) is 0 Å². The van der Waals surface area contributed by atoms with E-state index >= 15 is 0 Å². The van der Waals surface area contributed by atoms with Gasteiger partial charge < -0.3 is 21.1 Å². The number of anilines is 1. The number of guanidine groups is 1. The zero-order chi connectivity index (χ0) is 23.5. The van der Waals surface area contributed by atoms with E-state index < -0.39 is 17.9 Å². The zero-order valence-corrected chi connectivity index (χ0v) is 17.7. The lowest BCUT2D eigenvalue weighted by Gasteiger charge is -2.18. The molecule has 3 rings (SSSR count). The van der Waals surface area contributed by atoms with Gasteiger partial charge in [0, 0.05) is 17.8 Å². The molecule has 1 amide bonds. The Balaban J connectivity index is 1.70. The van der Waals surface area contributed by atoms with Crippen LogP contribution in [0.3, 0.4) is 0 Å². The number of hydrogen-bond acceptors (Lipinski definition) is 4. The van der Waals surface area contributed by atoms with Crippen LogP contribution in [0.15, 0.2) is 89.9 Å². The SMILES string of the molecule is N#CN=C(NCc1ccccc1)Nc1cccc(C(=O)NC(CC(=O)O)c2ccccc2)c1. The van der Waals surface area contributed by atoms with Gasteiger partial charge in [0.05, 0.1) is 12.5 Å². The summed E-state index contributed by atoms with van der Waals surface area (Å²) in [6.07, 6.45) is 1.51. The molecule has 1 atom stereocenters. The molecule has 8 nitrogen and oxygen atoms in total. The molecule has 3 aromatic rings. The van der Waals surface area contributed by atoms with Crippen molar-refractivity contribution in [1.82, 2.24) is 10.6 Å². The fourth-order valence-electron chi connectivity index (χ4n) is 3.17. The van der Waals surface area contributed by atoms with Crippen LogP contribution in [0.25, 0.3) is 0 Å². The quantitative estimate of drug-likeness (QED) is 0.240. The molecule has 0 bridgehead atoms. The topological polar surface area (TPSA) is 127 Å². The average molecular weight is 441 g/mol. The van der Waals surface area contributed by atoms with Crippen LogP contribution in [0.2, 0.25) is 0 Å². The van der Waals surface area contributed by atoms with E-state index in [0.717, 1.165) is 5.56 Å². The number of hydrogen-bond donors (Lipinski definition) is 4. The van der Waals surface area contributed by atoms with Crippen molar-refractivity contribution < 1.29 is 14.7 Å². The maximum atomic E-state index is 12.9. The third-order valence-corrected chi connectivity index (χ3v) is 4.74. The number of carboxylic acids is 1. The van der Waals surface area contributed by atoms with Crippen molar-refractivity contribution in [3.8, 4) is 6.19 Å². The van der Waals surface area contributed by atoms with Crippen LogP contribution in [-0.4, -0.2) is 22.9 Å². The number of benzene rings is 3. The minimum atomic E-state index is -1.01. The molecule has 4 N–H and O–H groups in total. The number of carboxylic acid groups (broad SMARTS) is 1. The smallest absolute Gasteiger partial charge is 0.305 e. The fraction of sp³-hybridized carbons (Fsp3) is 0.120. The van der Waals surface area contributed by atoms with E-state index in [1.807, 2.05) is 36.4 Å². The number of carbonyl (C=O) groups excluding carboxylic acids is 1. The summed E-state index contributed by atoms with van der Waals surface area (Å²) in [5.74, 6) is -1.18. The molecule has 8 heteroatoms. The standard InChI is InChI=1S/C25H23N5O3/c26-17-28-25(27-16-18-8-3-1-4-9-18)29-21-13-7-12-20(14-21)24(33)30-22(15-23(31)32)19-10-5-2-6-11-19/h1-14,22H,15-16H2,(H,30,33)(H,31,32)(H2,27,28,29). The number of aliphatic carboxylic acids is 1. The van der Waals surface area contributed by atoms with Crippen LogP contribution in [0.1, 0.15) is 33.9 Å². The minimum Gasteiger partial charge on any atom is -0.481 e. The minimum absolute atomic E-state index is 0.240. The van der Waals surface area contributed by atoms with E-state index in [1.165, 1.54) is 0 Å². The van der Waals surface area contributed by atoms with Gasteiger partial charge in [-0.1, -0.05) is 66.7 Å². The Kier molecular flexibility index (Phi) is 8.15. The Morgan fingerprint density at radius 2 is 1.67 bits per heavy atom. The second-order valence-corrected chi connectivity index (χ2v) is 7.14. The van der Waals surface area contributed by atoms with Crippen LogP contribution in [0.4, 0.5) is 5.69 Å². The van der Waals surface area contributed by atoms with Gasteiger partial charge in [-0.25, -0.2) is 0 Å². The summed E-state index contributed by atoms with van der Waals surface area (Å²) < 4.78 is 0. The molecular weight excluding hydrogens is 418 g/mol. The van der Waals surface area contributed by atoms with Gasteiger partial charge in [-0.15, -0.1) is 4.99 Å². The second-order valence-electron chi connectivity index (χ2n) is 7.14. The molecule has 33 heavy (non-hydrogen) atoms. The third-order valence-electron chi connectivity index (χ3n) is 4.74. The normalized spacial score (nSPS) is 11.7. The number of carbonyl (C=O) groups is 2. The predicted octanol–water partition coefficient (Wildman–Crippen LogP) is 3.67. The van der Waals surface area contributed by atoms with E-state index in [2.05, 4.69) is 20.9 Å². The molecule has 0 saturated heterocycles. The summed E-state index contributed by atoms with van der Waals surface area (Å²) in [5.41, 5.74) is 2.61. The van der Waals surface area contributed by atoms with Crippen molar-refractivity contribution in [2.45, 2.75) is 19.0 Å². The molecule has 0 aromatic heterocycles. The van der Waals surface area contributed by atoms with E-state index in [9.17, 15) is 14.7 Å². The molecule has 166 valence electrons. The van der Waals surface area contributed by atoms with Crippen molar-refractivity contribution in [1.29, 1.82) is 5.26 Å². The van der Waals surface area contributed by atoms with E-state index in [0.29, 0.717) is 23.4 Å². The van der Waals surface area contributed by atoms with Crippen LogP contribution in [0, 0.1) is 11.5 Å². The molecule has 3 aromatic carbocycles. The highest BCUT2D eigenvalue weighted by Gasteiger charge is 2.19. The molecule has 0 saturated carbocycles. The highest BCUT2D eigenvalue weighted by Crippen LogP contribution is 2.18. The molecule has 1 unspecified atom stereocenters. The number of nitrogens with zero attached hydrogens (tertiary/aromatic N) is 2. The zero-order valence-electron chi connectivity index (χ0n) is 17.7. The Morgan fingerprint density at radius 3 is 2.33 bits per heavy atom. The summed E-state index contributed by atoms with van der Waals surface area (Å²) in [5, 5.41) is 27.1. The molecule has 0 aliphatic heterocycles. The maximum absolute atomic E-state index is 12.9. The van der Waals surface area contributed by atoms with Crippen LogP contribution in [-0.2, 0) is 11.3 Å². The summed E-state index contributed by atoms with van der Waals surface area (Å²) in [7, 11) is 0. The van der Waals surface area contributed by atoms with Gasteiger partial charge in [0.2, 0.25) is 12.2 Å². The summed E-state index contributed by atoms with van der Waals surface area (Å²) in [6, 6.07) is 24.6. The lowest BCUT2D eigenvalue weighted by Crippen LogP contribution is -2.31. The molecule has 0 fully saturated rings. The number of amides is 1. The number of nitrogens with one attached hydrogen (secondary N) is 3. The number of aliphatic imine (C=N–C) groups is 1. The Bertz CT molecular complexity index is 1160. The molecule has 0 spiro atoms. The largest absolute Gasteiger partial charge is 0.481 e. The monoisotopic (exact) mass is 441 g/mol. The average Bonchev–Trinajstić information content (AvgIpc) is 2.83. The van der Waals surface area contributed by atoms with Crippen molar-refractivity contribution in [2.75, 3.05) is 5.32 Å². The van der Waals surface area contributed by atoms with Crippen molar-refractivity contribution >= 4 is 23.5 Å². The van der Waals surface area contributed by atoms with Gasteiger partial charge in [0.25, 0.3) is 5.91 Å². The first-order chi connectivity index (χ1) is 16.0. The maximum Gasteiger partial charge on any atom is 0.305 e. The van der Waals surface area contributed by atoms with E-state index in [1.54, 1.807) is 54.7 Å². The molecule has 0 radical (unpaired) electrons. The first-order valence-electron chi connectivity index (χ1n) is 10.2. The number of nitriles is 1. The molecule has 0 aliphatic rings. The van der Waals surface area contributed by atoms with Gasteiger partial charge in [0.15, 0.2) is 0 Å². The number of rotatable bonds is 8. The molecule has 0 aliphatic carbocycles. The Hall–Kier alpha value is -4.64. The van der Waals surface area contributed by atoms with Gasteiger partial charge in [-0.2, -0.15) is 5.26 Å². The molecular formula is C25H23N5O3. The first kappa shape index (κ1) is 23.0. The Morgan fingerprint density at radius 1 is 0.970 bits per heavy atom. The Labute approximate surface area is 191 Å². The summed E-state index contributed by atoms with van der Waals surface area (Å²) in [6.45, 7) is 0.461. The van der Waals surface area contributed by atoms with Gasteiger partial charge in [-0.3, -0.25) is 9.59 Å². The molecule has 0 heterocycles. The fourth-order valence-corrected chi connectivity index (χ4v) is 3.17. The summed E-state index contributed by atoms with van der Waals surface area (Å²) in [4.78, 5) is 27.9. The van der Waals surface area contributed by atoms with Crippen molar-refractivity contribution in [3.63, 3.8) is 0 Å². The predicted molar refractivity (Wildman–Crippen MR) is 125 cm³/mol. The first-order valence-corrected chi connectivity index (χ1v) is 10.2. The van der Waals surface area contributed by atoms with E-state index in [4.69, 9.17) is 5.26 Å². The van der Waals surface area contributed by atoms with E-state index in [-0.39, 0.29) is 12.4 Å². The van der Waals surface area contributed by atoms with Gasteiger partial charge in [0.1, 0.15) is 0 Å². The van der Waals surface area contributed by atoms with Crippen molar-refractivity contribution in [3.05, 3.63) is 102 Å². The highest BCUT2D eigenvalue weighted by atomic mass is 16.4. The lowest BCUT2D eigenvalue weighted by atomic mass is 10.0. The van der Waals surface area contributed by atoms with Crippen LogP contribution >= 0.6 is 0 Å². The summed E-state index contributed by atoms with van der Waals surface area (Å²) >= 11 is 0. The second kappa shape index (κ2) is 11.7. The lowest BCUT2D eigenvalue weighted by molar-refractivity contribution is -0.137. The highest BCUT2D eigenvalue weighted by molar-refractivity contribution is 5.98. The van der Waals surface area contributed by atoms with Crippen molar-refractivity contribution in [2.24, 2.45) is 4.99 Å². The third kappa shape index (κ3) is 7.22. The van der Waals surface area contributed by atoms with Gasteiger partial charge in [-0.05, 0) is 29.3 Å². The van der Waals surface area contributed by atoms with Gasteiger partial charge >= 0.3 is 5.97 Å². The van der Waals surface area contributed by atoms with Crippen LogP contribution < -0.4 is 16.0 Å².